The molecule has 1 aromatic carbocycles. The van der Waals surface area contributed by atoms with E-state index in [4.69, 9.17) is 10.8 Å². The van der Waals surface area contributed by atoms with Crippen LogP contribution in [0.4, 0.5) is 4.39 Å². The minimum absolute atomic E-state index is 0.0657. The molecule has 1 amide bonds. The molecule has 2 aromatic rings. The largest absolute Gasteiger partial charge is 0.478 e. The highest BCUT2D eigenvalue weighted by Gasteiger charge is 2.10. The van der Waals surface area contributed by atoms with E-state index in [9.17, 15) is 18.8 Å². The topological polar surface area (TPSA) is 102 Å². The van der Waals surface area contributed by atoms with Crippen molar-refractivity contribution in [1.82, 2.24) is 4.57 Å². The van der Waals surface area contributed by atoms with E-state index in [1.807, 2.05) is 0 Å². The molecule has 7 heteroatoms. The number of aromatic carboxylic acids is 1. The van der Waals surface area contributed by atoms with E-state index in [-0.39, 0.29) is 23.2 Å². The van der Waals surface area contributed by atoms with Crippen LogP contribution in [0.5, 0.6) is 0 Å². The van der Waals surface area contributed by atoms with Crippen molar-refractivity contribution in [2.45, 2.75) is 6.54 Å². The Bertz CT molecular complexity index is 783. The molecular formula is C14H11FN2O4. The van der Waals surface area contributed by atoms with Gasteiger partial charge in [0.15, 0.2) is 0 Å². The molecule has 0 aliphatic heterocycles. The quantitative estimate of drug-likeness (QED) is 0.870. The van der Waals surface area contributed by atoms with Gasteiger partial charge in [-0.25, -0.2) is 9.18 Å². The van der Waals surface area contributed by atoms with Crippen molar-refractivity contribution >= 4 is 11.9 Å². The summed E-state index contributed by atoms with van der Waals surface area (Å²) in [5.74, 6) is -2.54. The third-order valence-electron chi connectivity index (χ3n) is 2.90. The number of benzene rings is 1. The van der Waals surface area contributed by atoms with Gasteiger partial charge >= 0.3 is 5.97 Å². The normalized spacial score (nSPS) is 10.3. The highest BCUT2D eigenvalue weighted by Crippen LogP contribution is 2.12. The zero-order valence-electron chi connectivity index (χ0n) is 10.7. The van der Waals surface area contributed by atoms with E-state index in [2.05, 4.69) is 0 Å². The summed E-state index contributed by atoms with van der Waals surface area (Å²) < 4.78 is 14.8. The highest BCUT2D eigenvalue weighted by molar-refractivity contribution is 5.92. The smallest absolute Gasteiger partial charge is 0.337 e. The van der Waals surface area contributed by atoms with Crippen molar-refractivity contribution in [3.63, 3.8) is 0 Å². The fourth-order valence-electron chi connectivity index (χ4n) is 1.81. The molecule has 0 aliphatic carbocycles. The number of amides is 1. The van der Waals surface area contributed by atoms with Crippen LogP contribution in [0.15, 0.2) is 41.3 Å². The van der Waals surface area contributed by atoms with E-state index in [0.29, 0.717) is 0 Å². The third-order valence-corrected chi connectivity index (χ3v) is 2.90. The van der Waals surface area contributed by atoms with Gasteiger partial charge in [-0.1, -0.05) is 0 Å². The fraction of sp³-hybridized carbons (Fsp3) is 0.0714. The van der Waals surface area contributed by atoms with Crippen molar-refractivity contribution in [3.8, 4) is 0 Å². The number of primary amides is 1. The lowest BCUT2D eigenvalue weighted by molar-refractivity contribution is 0.0695. The van der Waals surface area contributed by atoms with Gasteiger partial charge < -0.3 is 15.4 Å². The maximum Gasteiger partial charge on any atom is 0.337 e. The number of nitrogens with zero attached hydrogens (tertiary/aromatic N) is 1. The Morgan fingerprint density at radius 2 is 1.86 bits per heavy atom. The van der Waals surface area contributed by atoms with Crippen LogP contribution < -0.4 is 11.3 Å². The first-order chi connectivity index (χ1) is 9.88. The number of carboxylic acids is 1. The van der Waals surface area contributed by atoms with Crippen LogP contribution in [0.2, 0.25) is 0 Å². The van der Waals surface area contributed by atoms with Crippen molar-refractivity contribution in [2.75, 3.05) is 0 Å². The van der Waals surface area contributed by atoms with Crippen LogP contribution in [0.1, 0.15) is 26.3 Å². The Balaban J connectivity index is 2.44. The molecule has 0 atom stereocenters. The monoisotopic (exact) mass is 290 g/mol. The molecule has 0 spiro atoms. The first kappa shape index (κ1) is 14.4. The van der Waals surface area contributed by atoms with Crippen LogP contribution in [-0.4, -0.2) is 21.6 Å². The van der Waals surface area contributed by atoms with Crippen LogP contribution in [0.25, 0.3) is 0 Å². The Hall–Kier alpha value is -2.96. The van der Waals surface area contributed by atoms with Crippen molar-refractivity contribution < 1.29 is 19.1 Å². The van der Waals surface area contributed by atoms with Crippen molar-refractivity contribution in [3.05, 3.63) is 69.4 Å². The molecule has 0 saturated heterocycles. The average molecular weight is 290 g/mol. The van der Waals surface area contributed by atoms with Crippen molar-refractivity contribution in [2.24, 2.45) is 5.73 Å². The summed E-state index contributed by atoms with van der Waals surface area (Å²) in [6, 6.07) is 5.79. The molecule has 1 heterocycles. The summed E-state index contributed by atoms with van der Waals surface area (Å²) >= 11 is 0. The predicted molar refractivity (Wildman–Crippen MR) is 71.7 cm³/mol. The van der Waals surface area contributed by atoms with Crippen LogP contribution in [-0.2, 0) is 6.54 Å². The molecule has 3 N–H and O–H groups in total. The standard InChI is InChI=1S/C14H11FN2O4/c15-11-3-1-8(13(16)19)5-10(11)7-17-6-9(14(20)21)2-4-12(17)18/h1-6H,7H2,(H2,16,19)(H,20,21). The molecule has 108 valence electrons. The Morgan fingerprint density at radius 3 is 2.48 bits per heavy atom. The molecule has 0 aliphatic rings. The molecule has 6 nitrogen and oxygen atoms in total. The Kier molecular flexibility index (Phi) is 3.84. The summed E-state index contributed by atoms with van der Waals surface area (Å²) in [5, 5.41) is 8.89. The van der Waals surface area contributed by atoms with Gasteiger partial charge in [0.25, 0.3) is 5.56 Å². The van der Waals surface area contributed by atoms with E-state index in [0.717, 1.165) is 29.0 Å². The second-order valence-corrected chi connectivity index (χ2v) is 4.36. The van der Waals surface area contributed by atoms with Crippen LogP contribution in [0.3, 0.4) is 0 Å². The SMILES string of the molecule is NC(=O)c1ccc(F)c(Cn2cc(C(=O)O)ccc2=O)c1. The molecule has 0 bridgehead atoms. The summed E-state index contributed by atoms with van der Waals surface area (Å²) in [4.78, 5) is 33.6. The molecular weight excluding hydrogens is 279 g/mol. The molecule has 0 radical (unpaired) electrons. The minimum atomic E-state index is -1.20. The summed E-state index contributed by atoms with van der Waals surface area (Å²) in [6.07, 6.45) is 1.11. The Morgan fingerprint density at radius 1 is 1.19 bits per heavy atom. The summed E-state index contributed by atoms with van der Waals surface area (Å²) in [7, 11) is 0. The third kappa shape index (κ3) is 3.14. The Labute approximate surface area is 118 Å². The molecule has 1 aromatic heterocycles. The van der Waals surface area contributed by atoms with Crippen LogP contribution in [0, 0.1) is 5.82 Å². The zero-order valence-corrected chi connectivity index (χ0v) is 10.7. The van der Waals surface area contributed by atoms with Gasteiger partial charge in [-0.2, -0.15) is 0 Å². The lowest BCUT2D eigenvalue weighted by Crippen LogP contribution is -2.21. The maximum atomic E-state index is 13.7. The number of halogens is 1. The highest BCUT2D eigenvalue weighted by atomic mass is 19.1. The molecule has 0 fully saturated rings. The summed E-state index contributed by atoms with van der Waals surface area (Å²) in [5.41, 5.74) is 4.70. The molecule has 0 unspecified atom stereocenters. The van der Waals surface area contributed by atoms with Gasteiger partial charge in [-0.15, -0.1) is 0 Å². The number of carbonyl (C=O) groups is 2. The summed E-state index contributed by atoms with van der Waals surface area (Å²) in [6.45, 7) is -0.201. The van der Waals surface area contributed by atoms with Gasteiger partial charge in [0.2, 0.25) is 5.91 Å². The van der Waals surface area contributed by atoms with E-state index in [1.54, 1.807) is 0 Å². The number of carboxylic acid groups (broad SMARTS) is 1. The zero-order chi connectivity index (χ0) is 15.6. The number of carbonyl (C=O) groups excluding carboxylic acids is 1. The number of rotatable bonds is 4. The number of hydrogen-bond acceptors (Lipinski definition) is 3. The van der Waals surface area contributed by atoms with E-state index in [1.165, 1.54) is 12.1 Å². The van der Waals surface area contributed by atoms with Crippen molar-refractivity contribution in [1.29, 1.82) is 0 Å². The minimum Gasteiger partial charge on any atom is -0.478 e. The van der Waals surface area contributed by atoms with Gasteiger partial charge in [0, 0.05) is 23.4 Å². The second-order valence-electron chi connectivity index (χ2n) is 4.36. The van der Waals surface area contributed by atoms with Gasteiger partial charge in [-0.05, 0) is 24.3 Å². The van der Waals surface area contributed by atoms with E-state index >= 15 is 0 Å². The van der Waals surface area contributed by atoms with Gasteiger partial charge in [0.05, 0.1) is 12.1 Å². The number of aromatic nitrogens is 1. The molecule has 2 rings (SSSR count). The van der Waals surface area contributed by atoms with Gasteiger partial charge in [-0.3, -0.25) is 9.59 Å². The fourth-order valence-corrected chi connectivity index (χ4v) is 1.81. The predicted octanol–water partition coefficient (Wildman–Crippen LogP) is 0.833. The number of nitrogens with two attached hydrogens (primary N) is 1. The lowest BCUT2D eigenvalue weighted by atomic mass is 10.1. The van der Waals surface area contributed by atoms with E-state index < -0.39 is 23.3 Å². The number of pyridine rings is 1. The molecule has 0 saturated carbocycles. The number of hydrogen-bond donors (Lipinski definition) is 2. The molecule has 21 heavy (non-hydrogen) atoms. The average Bonchev–Trinajstić information content (AvgIpc) is 2.43. The maximum absolute atomic E-state index is 13.7. The lowest BCUT2D eigenvalue weighted by Gasteiger charge is -2.09. The second kappa shape index (κ2) is 5.58. The van der Waals surface area contributed by atoms with Crippen LogP contribution >= 0.6 is 0 Å². The first-order valence-corrected chi connectivity index (χ1v) is 5.90. The first-order valence-electron chi connectivity index (χ1n) is 5.90. The van der Waals surface area contributed by atoms with Gasteiger partial charge in [0.1, 0.15) is 5.82 Å².